The van der Waals surface area contributed by atoms with Gasteiger partial charge in [0.1, 0.15) is 12.4 Å². The van der Waals surface area contributed by atoms with Gasteiger partial charge in [-0.15, -0.1) is 0 Å². The molecule has 0 saturated carbocycles. The highest BCUT2D eigenvalue weighted by atomic mass is 19.4. The number of nitrogens with zero attached hydrogens (tertiary/aromatic N) is 2. The maximum Gasteiger partial charge on any atom is 0.416 e. The summed E-state index contributed by atoms with van der Waals surface area (Å²) in [5.74, 6) is -0.125. The molecule has 2 aromatic rings. The van der Waals surface area contributed by atoms with Crippen molar-refractivity contribution < 1.29 is 18.0 Å². The van der Waals surface area contributed by atoms with Gasteiger partial charge in [-0.3, -0.25) is 9.48 Å². The summed E-state index contributed by atoms with van der Waals surface area (Å²) < 4.78 is 38.4. The molecule has 0 bridgehead atoms. The van der Waals surface area contributed by atoms with Crippen molar-refractivity contribution in [3.8, 4) is 0 Å². The summed E-state index contributed by atoms with van der Waals surface area (Å²) in [6.45, 7) is -0.0712. The van der Waals surface area contributed by atoms with Crippen LogP contribution in [-0.2, 0) is 17.5 Å². The van der Waals surface area contributed by atoms with Crippen LogP contribution in [0.2, 0.25) is 0 Å². The fourth-order valence-electron chi connectivity index (χ4n) is 1.56. The standard InChI is InChI=1S/C12H11F3N4O/c13-12(14,15)8-1-3-9(4-2-8)17-11(20)7-19-6-5-10(16)18-19/h1-6H,7H2,(H2,16,18)(H,17,20). The van der Waals surface area contributed by atoms with Gasteiger partial charge in [0.15, 0.2) is 0 Å². The van der Waals surface area contributed by atoms with E-state index >= 15 is 0 Å². The number of hydrogen-bond donors (Lipinski definition) is 2. The largest absolute Gasteiger partial charge is 0.416 e. The number of nitrogens with two attached hydrogens (primary N) is 1. The Bertz CT molecular complexity index is 604. The normalized spacial score (nSPS) is 11.3. The number of aromatic nitrogens is 2. The molecule has 0 fully saturated rings. The van der Waals surface area contributed by atoms with Gasteiger partial charge in [0, 0.05) is 11.9 Å². The van der Waals surface area contributed by atoms with Gasteiger partial charge in [-0.2, -0.15) is 18.3 Å². The van der Waals surface area contributed by atoms with Crippen molar-refractivity contribution in [3.63, 3.8) is 0 Å². The fourth-order valence-corrected chi connectivity index (χ4v) is 1.56. The van der Waals surface area contributed by atoms with Gasteiger partial charge in [0.05, 0.1) is 5.56 Å². The third-order valence-corrected chi connectivity index (χ3v) is 2.46. The van der Waals surface area contributed by atoms with Crippen LogP contribution >= 0.6 is 0 Å². The Balaban J connectivity index is 1.98. The first-order chi connectivity index (χ1) is 9.34. The molecule has 0 aliphatic rings. The van der Waals surface area contributed by atoms with E-state index in [0.717, 1.165) is 12.1 Å². The van der Waals surface area contributed by atoms with Gasteiger partial charge in [-0.1, -0.05) is 0 Å². The van der Waals surface area contributed by atoms with E-state index in [4.69, 9.17) is 5.73 Å². The molecule has 3 N–H and O–H groups in total. The van der Waals surface area contributed by atoms with Crippen LogP contribution in [0.1, 0.15) is 5.56 Å². The average Bonchev–Trinajstić information content (AvgIpc) is 2.74. The average molecular weight is 284 g/mol. The van der Waals surface area contributed by atoms with Crippen LogP contribution in [0.4, 0.5) is 24.7 Å². The van der Waals surface area contributed by atoms with Crippen molar-refractivity contribution in [2.45, 2.75) is 12.7 Å². The van der Waals surface area contributed by atoms with Crippen LogP contribution in [0.5, 0.6) is 0 Å². The van der Waals surface area contributed by atoms with Crippen LogP contribution in [0, 0.1) is 0 Å². The van der Waals surface area contributed by atoms with Gasteiger partial charge in [-0.05, 0) is 30.3 Å². The number of rotatable bonds is 3. The van der Waals surface area contributed by atoms with E-state index in [0.29, 0.717) is 0 Å². The van der Waals surface area contributed by atoms with Crippen molar-refractivity contribution in [2.24, 2.45) is 0 Å². The predicted molar refractivity (Wildman–Crippen MR) is 66.7 cm³/mol. The second kappa shape index (κ2) is 5.24. The Labute approximate surface area is 112 Å². The van der Waals surface area contributed by atoms with E-state index in [1.165, 1.54) is 29.1 Å². The van der Waals surface area contributed by atoms with Crippen LogP contribution in [-0.4, -0.2) is 15.7 Å². The fraction of sp³-hybridized carbons (Fsp3) is 0.167. The molecule has 106 valence electrons. The van der Waals surface area contributed by atoms with Crippen LogP contribution in [0.15, 0.2) is 36.5 Å². The van der Waals surface area contributed by atoms with E-state index in [2.05, 4.69) is 10.4 Å². The van der Waals surface area contributed by atoms with E-state index in [-0.39, 0.29) is 18.1 Å². The molecular formula is C12H11F3N4O. The lowest BCUT2D eigenvalue weighted by Gasteiger charge is -2.08. The molecule has 1 aromatic heterocycles. The van der Waals surface area contributed by atoms with E-state index in [1.54, 1.807) is 0 Å². The summed E-state index contributed by atoms with van der Waals surface area (Å²) in [4.78, 5) is 11.6. The Kier molecular flexibility index (Phi) is 3.64. The van der Waals surface area contributed by atoms with Crippen molar-refractivity contribution in [1.29, 1.82) is 0 Å². The molecule has 0 atom stereocenters. The zero-order valence-corrected chi connectivity index (χ0v) is 10.2. The summed E-state index contributed by atoms with van der Waals surface area (Å²) >= 11 is 0. The summed E-state index contributed by atoms with van der Waals surface area (Å²) in [6, 6.07) is 5.73. The highest BCUT2D eigenvalue weighted by Gasteiger charge is 2.29. The van der Waals surface area contributed by atoms with E-state index in [1.807, 2.05) is 0 Å². The minimum Gasteiger partial charge on any atom is -0.382 e. The van der Waals surface area contributed by atoms with Gasteiger partial charge in [0.25, 0.3) is 0 Å². The van der Waals surface area contributed by atoms with Crippen molar-refractivity contribution in [3.05, 3.63) is 42.1 Å². The Morgan fingerprint density at radius 3 is 2.40 bits per heavy atom. The summed E-state index contributed by atoms with van der Waals surface area (Å²) in [6.07, 6.45) is -2.86. The lowest BCUT2D eigenvalue weighted by atomic mass is 10.2. The molecule has 8 heteroatoms. The zero-order chi connectivity index (χ0) is 14.8. The number of anilines is 2. The smallest absolute Gasteiger partial charge is 0.382 e. The lowest BCUT2D eigenvalue weighted by Crippen LogP contribution is -2.19. The number of alkyl halides is 3. The molecule has 0 saturated heterocycles. The highest BCUT2D eigenvalue weighted by Crippen LogP contribution is 2.29. The molecule has 1 amide bonds. The molecule has 20 heavy (non-hydrogen) atoms. The number of carbonyl (C=O) groups is 1. The number of hydrogen-bond acceptors (Lipinski definition) is 3. The molecule has 0 aliphatic carbocycles. The van der Waals surface area contributed by atoms with Crippen LogP contribution < -0.4 is 11.1 Å². The number of halogens is 3. The zero-order valence-electron chi connectivity index (χ0n) is 10.2. The number of nitrogen functional groups attached to an aromatic ring is 1. The van der Waals surface area contributed by atoms with Gasteiger partial charge in [-0.25, -0.2) is 0 Å². The second-order valence-corrected chi connectivity index (χ2v) is 4.06. The number of carbonyl (C=O) groups excluding carboxylic acids is 1. The minimum absolute atomic E-state index is 0.0712. The van der Waals surface area contributed by atoms with Crippen LogP contribution in [0.3, 0.4) is 0 Å². The first-order valence-corrected chi connectivity index (χ1v) is 5.60. The summed E-state index contributed by atoms with van der Waals surface area (Å²) in [5.41, 5.74) is 4.91. The Morgan fingerprint density at radius 2 is 1.90 bits per heavy atom. The quantitative estimate of drug-likeness (QED) is 0.906. The lowest BCUT2D eigenvalue weighted by molar-refractivity contribution is -0.137. The first kappa shape index (κ1) is 13.9. The van der Waals surface area contributed by atoms with E-state index in [9.17, 15) is 18.0 Å². The number of benzene rings is 1. The monoisotopic (exact) mass is 284 g/mol. The topological polar surface area (TPSA) is 72.9 Å². The summed E-state index contributed by atoms with van der Waals surface area (Å²) in [5, 5.41) is 6.29. The second-order valence-electron chi connectivity index (χ2n) is 4.06. The first-order valence-electron chi connectivity index (χ1n) is 5.60. The highest BCUT2D eigenvalue weighted by molar-refractivity contribution is 5.90. The van der Waals surface area contributed by atoms with Crippen LogP contribution in [0.25, 0.3) is 0 Å². The van der Waals surface area contributed by atoms with Gasteiger partial charge < -0.3 is 11.1 Å². The number of amides is 1. The molecule has 1 aromatic carbocycles. The summed E-state index contributed by atoms with van der Waals surface area (Å²) in [7, 11) is 0. The van der Waals surface area contributed by atoms with Gasteiger partial charge >= 0.3 is 6.18 Å². The molecule has 2 rings (SSSR count). The molecule has 5 nitrogen and oxygen atoms in total. The predicted octanol–water partition coefficient (Wildman–Crippen LogP) is 2.12. The van der Waals surface area contributed by atoms with E-state index < -0.39 is 17.6 Å². The molecule has 0 spiro atoms. The van der Waals surface area contributed by atoms with Crippen molar-refractivity contribution in [1.82, 2.24) is 9.78 Å². The molecular weight excluding hydrogens is 273 g/mol. The maximum absolute atomic E-state index is 12.4. The maximum atomic E-state index is 12.4. The SMILES string of the molecule is Nc1ccn(CC(=O)Nc2ccc(C(F)(F)F)cc2)n1. The molecule has 0 aliphatic heterocycles. The molecule has 0 radical (unpaired) electrons. The minimum atomic E-state index is -4.39. The third-order valence-electron chi connectivity index (χ3n) is 2.46. The Hall–Kier alpha value is -2.51. The Morgan fingerprint density at radius 1 is 1.25 bits per heavy atom. The third kappa shape index (κ3) is 3.50. The molecule has 1 heterocycles. The number of nitrogens with one attached hydrogen (secondary N) is 1. The van der Waals surface area contributed by atoms with Crippen molar-refractivity contribution in [2.75, 3.05) is 11.1 Å². The molecule has 0 unspecified atom stereocenters. The van der Waals surface area contributed by atoms with Gasteiger partial charge in [0.2, 0.25) is 5.91 Å². The van der Waals surface area contributed by atoms with Crippen molar-refractivity contribution >= 4 is 17.4 Å².